The van der Waals surface area contributed by atoms with Gasteiger partial charge in [-0.3, -0.25) is 4.68 Å². The van der Waals surface area contributed by atoms with E-state index in [9.17, 15) is 17.6 Å². The molecule has 1 aromatic carbocycles. The molecule has 0 radical (unpaired) electrons. The fourth-order valence-corrected chi connectivity index (χ4v) is 3.76. The molecule has 0 unspecified atom stereocenters. The van der Waals surface area contributed by atoms with E-state index in [2.05, 4.69) is 15.1 Å². The molecule has 3 heterocycles. The summed E-state index contributed by atoms with van der Waals surface area (Å²) in [7, 11) is 0. The van der Waals surface area contributed by atoms with Crippen LogP contribution >= 0.6 is 0 Å². The predicted octanol–water partition coefficient (Wildman–Crippen LogP) is 4.99. The van der Waals surface area contributed by atoms with E-state index in [1.54, 1.807) is 18.2 Å². The minimum atomic E-state index is -4.47. The van der Waals surface area contributed by atoms with Crippen molar-refractivity contribution >= 4 is 0 Å². The first-order chi connectivity index (χ1) is 15.8. The van der Waals surface area contributed by atoms with Crippen LogP contribution in [0.3, 0.4) is 0 Å². The van der Waals surface area contributed by atoms with Crippen LogP contribution in [-0.2, 0) is 19.1 Å². The summed E-state index contributed by atoms with van der Waals surface area (Å²) in [6.45, 7) is 2.75. The molecular weight excluding hydrogens is 436 g/mol. The van der Waals surface area contributed by atoms with Crippen LogP contribution < -0.4 is 0 Å². The summed E-state index contributed by atoms with van der Waals surface area (Å²) in [6.07, 6.45) is 1.25. The van der Waals surface area contributed by atoms with Gasteiger partial charge in [0.05, 0.1) is 23.1 Å². The highest BCUT2D eigenvalue weighted by Crippen LogP contribution is 2.34. The average Bonchev–Trinajstić information content (AvgIpc) is 3.35. The van der Waals surface area contributed by atoms with E-state index in [0.29, 0.717) is 18.0 Å². The Labute approximate surface area is 186 Å². The number of benzene rings is 1. The Kier molecular flexibility index (Phi) is 5.22. The van der Waals surface area contributed by atoms with Crippen LogP contribution in [0.15, 0.2) is 49.1 Å². The monoisotopic (exact) mass is 456 g/mol. The fourth-order valence-electron chi connectivity index (χ4n) is 3.76. The van der Waals surface area contributed by atoms with Gasteiger partial charge in [-0.1, -0.05) is 0 Å². The molecule has 0 amide bonds. The Morgan fingerprint density at radius 1 is 1.09 bits per heavy atom. The molecule has 0 saturated heterocycles. The van der Waals surface area contributed by atoms with E-state index < -0.39 is 11.7 Å². The predicted molar refractivity (Wildman–Crippen MR) is 112 cm³/mol. The third kappa shape index (κ3) is 4.50. The molecule has 3 aromatic heterocycles. The first-order valence-electron chi connectivity index (χ1n) is 10.5. The number of rotatable bonds is 6. The minimum Gasteiger partial charge on any atom is -0.268 e. The zero-order valence-electron chi connectivity index (χ0n) is 17.7. The Morgan fingerprint density at radius 3 is 2.52 bits per heavy atom. The molecule has 0 spiro atoms. The number of aromatic nitrogens is 6. The van der Waals surface area contributed by atoms with Crippen molar-refractivity contribution in [3.05, 3.63) is 77.4 Å². The van der Waals surface area contributed by atoms with Gasteiger partial charge in [0.25, 0.3) is 0 Å². The van der Waals surface area contributed by atoms with Crippen LogP contribution in [0, 0.1) is 18.7 Å². The van der Waals surface area contributed by atoms with Crippen molar-refractivity contribution in [2.24, 2.45) is 5.92 Å². The lowest BCUT2D eigenvalue weighted by atomic mass is 10.0. The van der Waals surface area contributed by atoms with Crippen molar-refractivity contribution in [3.8, 4) is 17.1 Å². The standard InChI is InChI=1S/C23H20F4N6/c1-14-20(32(11-15-2-3-15)31-22(14)16-4-6-18(24)7-5-16)8-19-9-21(29-13-28-19)33-12-17(10-30-33)23(25,26)27/h4-7,9-10,12-13,15H,2-3,8,11H2,1H3. The molecule has 0 N–H and O–H groups in total. The molecule has 0 aliphatic heterocycles. The number of hydrogen-bond donors (Lipinski definition) is 0. The van der Waals surface area contributed by atoms with Crippen LogP contribution in [0.5, 0.6) is 0 Å². The largest absolute Gasteiger partial charge is 0.419 e. The van der Waals surface area contributed by atoms with E-state index in [4.69, 9.17) is 5.10 Å². The van der Waals surface area contributed by atoms with Gasteiger partial charge in [0.15, 0.2) is 5.82 Å². The first-order valence-corrected chi connectivity index (χ1v) is 10.5. The Bertz CT molecular complexity index is 1290. The van der Waals surface area contributed by atoms with Gasteiger partial charge in [0.1, 0.15) is 12.1 Å². The van der Waals surface area contributed by atoms with E-state index in [-0.39, 0.29) is 11.6 Å². The summed E-state index contributed by atoms with van der Waals surface area (Å²) in [5.41, 5.74) is 3.31. The Balaban J connectivity index is 1.48. The fraction of sp³-hybridized carbons (Fsp3) is 0.304. The highest BCUT2D eigenvalue weighted by atomic mass is 19.4. The lowest BCUT2D eigenvalue weighted by Crippen LogP contribution is -2.09. The maximum atomic E-state index is 13.4. The highest BCUT2D eigenvalue weighted by molar-refractivity contribution is 5.64. The van der Waals surface area contributed by atoms with Crippen molar-refractivity contribution in [3.63, 3.8) is 0 Å². The zero-order valence-corrected chi connectivity index (χ0v) is 17.7. The van der Waals surface area contributed by atoms with Crippen LogP contribution in [0.25, 0.3) is 17.1 Å². The number of hydrogen-bond acceptors (Lipinski definition) is 4. The van der Waals surface area contributed by atoms with Gasteiger partial charge in [-0.2, -0.15) is 23.4 Å². The summed E-state index contributed by atoms with van der Waals surface area (Å²) in [4.78, 5) is 8.40. The maximum absolute atomic E-state index is 13.4. The SMILES string of the molecule is Cc1c(-c2ccc(F)cc2)nn(CC2CC2)c1Cc1cc(-n2cc(C(F)(F)F)cn2)ncn1. The second kappa shape index (κ2) is 8.09. The summed E-state index contributed by atoms with van der Waals surface area (Å²) >= 11 is 0. The topological polar surface area (TPSA) is 61.4 Å². The third-order valence-electron chi connectivity index (χ3n) is 5.77. The van der Waals surface area contributed by atoms with E-state index in [0.717, 1.165) is 59.0 Å². The lowest BCUT2D eigenvalue weighted by Gasteiger charge is -2.09. The smallest absolute Gasteiger partial charge is 0.268 e. The van der Waals surface area contributed by atoms with Gasteiger partial charge in [-0.15, -0.1) is 0 Å². The summed E-state index contributed by atoms with van der Waals surface area (Å²) < 4.78 is 55.2. The third-order valence-corrected chi connectivity index (χ3v) is 5.77. The molecule has 170 valence electrons. The lowest BCUT2D eigenvalue weighted by molar-refractivity contribution is -0.137. The number of halogens is 4. The summed E-state index contributed by atoms with van der Waals surface area (Å²) in [6, 6.07) is 7.84. The van der Waals surface area contributed by atoms with Gasteiger partial charge in [0, 0.05) is 36.5 Å². The highest BCUT2D eigenvalue weighted by Gasteiger charge is 2.32. The summed E-state index contributed by atoms with van der Waals surface area (Å²) in [5, 5.41) is 8.60. The van der Waals surface area contributed by atoms with E-state index in [1.807, 2.05) is 11.6 Å². The molecule has 33 heavy (non-hydrogen) atoms. The van der Waals surface area contributed by atoms with Gasteiger partial charge >= 0.3 is 6.18 Å². The van der Waals surface area contributed by atoms with Gasteiger partial charge in [-0.05, 0) is 55.5 Å². The molecule has 1 saturated carbocycles. The zero-order chi connectivity index (χ0) is 23.2. The van der Waals surface area contributed by atoms with Crippen LogP contribution in [0.2, 0.25) is 0 Å². The molecule has 0 bridgehead atoms. The second-order valence-electron chi connectivity index (χ2n) is 8.27. The molecule has 1 aliphatic rings. The summed E-state index contributed by atoms with van der Waals surface area (Å²) in [5.74, 6) is 0.518. The van der Waals surface area contributed by atoms with Gasteiger partial charge < -0.3 is 0 Å². The van der Waals surface area contributed by atoms with E-state index >= 15 is 0 Å². The normalized spacial score (nSPS) is 14.1. The van der Waals surface area contributed by atoms with Gasteiger partial charge in [-0.25, -0.2) is 19.0 Å². The molecule has 0 atom stereocenters. The molecule has 5 rings (SSSR count). The first kappa shape index (κ1) is 21.3. The molecule has 1 fully saturated rings. The molecule has 10 heteroatoms. The average molecular weight is 456 g/mol. The Hall–Kier alpha value is -3.56. The van der Waals surface area contributed by atoms with E-state index in [1.165, 1.54) is 18.5 Å². The van der Waals surface area contributed by atoms with Crippen molar-refractivity contribution < 1.29 is 17.6 Å². The molecule has 4 aromatic rings. The van der Waals surface area contributed by atoms with Crippen LogP contribution in [0.1, 0.15) is 35.4 Å². The molecule has 1 aliphatic carbocycles. The number of alkyl halides is 3. The van der Waals surface area contributed by atoms with Crippen LogP contribution in [-0.4, -0.2) is 29.5 Å². The minimum absolute atomic E-state index is 0.250. The molecule has 6 nitrogen and oxygen atoms in total. The molecular formula is C23H20F4N6. The Morgan fingerprint density at radius 2 is 1.85 bits per heavy atom. The quantitative estimate of drug-likeness (QED) is 0.384. The number of nitrogens with zero attached hydrogens (tertiary/aromatic N) is 6. The maximum Gasteiger partial charge on any atom is 0.419 e. The van der Waals surface area contributed by atoms with Crippen molar-refractivity contribution in [2.45, 2.75) is 38.9 Å². The van der Waals surface area contributed by atoms with Gasteiger partial charge in [0.2, 0.25) is 0 Å². The van der Waals surface area contributed by atoms with Crippen molar-refractivity contribution in [1.29, 1.82) is 0 Å². The second-order valence-corrected chi connectivity index (χ2v) is 8.27. The van der Waals surface area contributed by atoms with Crippen molar-refractivity contribution in [2.75, 3.05) is 0 Å². The van der Waals surface area contributed by atoms with Crippen LogP contribution in [0.4, 0.5) is 17.6 Å². The van der Waals surface area contributed by atoms with Crippen molar-refractivity contribution in [1.82, 2.24) is 29.5 Å².